The van der Waals surface area contributed by atoms with Crippen LogP contribution in [0, 0.1) is 56.7 Å². The molecule has 5 aliphatic carbocycles. The van der Waals surface area contributed by atoms with Gasteiger partial charge in [-0.1, -0.05) is 46.8 Å². The maximum absolute atomic E-state index is 12.9. The van der Waals surface area contributed by atoms with Gasteiger partial charge in [0, 0.05) is 17.8 Å². The van der Waals surface area contributed by atoms with E-state index in [-0.39, 0.29) is 34.0 Å². The summed E-state index contributed by atoms with van der Waals surface area (Å²) >= 11 is 0. The Balaban J connectivity index is 1.60. The molecule has 0 aromatic rings. The molecule has 0 aliphatic heterocycles. The number of carboxylic acids is 1. The van der Waals surface area contributed by atoms with Gasteiger partial charge in [0.2, 0.25) is 0 Å². The van der Waals surface area contributed by atoms with Crippen molar-refractivity contribution in [2.45, 2.75) is 105 Å². The summed E-state index contributed by atoms with van der Waals surface area (Å²) in [7, 11) is 0. The highest BCUT2D eigenvalue weighted by molar-refractivity contribution is 5.85. The predicted molar refractivity (Wildman–Crippen MR) is 133 cm³/mol. The second kappa shape index (κ2) is 7.20. The van der Waals surface area contributed by atoms with E-state index in [2.05, 4.69) is 48.1 Å². The van der Waals surface area contributed by atoms with E-state index in [1.165, 1.54) is 0 Å². The van der Waals surface area contributed by atoms with E-state index in [0.717, 1.165) is 56.9 Å². The Labute approximate surface area is 206 Å². The molecule has 0 aromatic carbocycles. The molecule has 0 aromatic heterocycles. The number of rotatable bonds is 2. The minimum Gasteiger partial charge on any atom is -0.481 e. The molecule has 4 heteroatoms. The highest BCUT2D eigenvalue weighted by Gasteiger charge is 2.73. The van der Waals surface area contributed by atoms with Gasteiger partial charge in [0.1, 0.15) is 5.78 Å². The molecule has 34 heavy (non-hydrogen) atoms. The quantitative estimate of drug-likeness (QED) is 0.467. The van der Waals surface area contributed by atoms with Gasteiger partial charge in [0.15, 0.2) is 0 Å². The molecule has 0 unspecified atom stereocenters. The van der Waals surface area contributed by atoms with Gasteiger partial charge in [-0.25, -0.2) is 0 Å². The van der Waals surface area contributed by atoms with Crippen molar-refractivity contribution in [1.82, 2.24) is 0 Å². The normalized spacial score (nSPS) is 53.8. The van der Waals surface area contributed by atoms with Crippen molar-refractivity contribution >= 4 is 11.8 Å². The van der Waals surface area contributed by atoms with Gasteiger partial charge >= 0.3 is 5.97 Å². The van der Waals surface area contributed by atoms with Gasteiger partial charge in [-0.15, -0.1) is 0 Å². The standard InChI is InChI=1S/C30H46O4/c1-17(2)18-10-13-30(25(33)34)15-14-28(6)19(23(18)30)8-9-21-27(5)12-11-22(32)26(3,4)24(27)20(31)16-29(21,28)7/h18-21,23-24,31H,1,8-16H2,2-7H3,(H,33,34)/t18-,19+,20+,21-,23-,24-,27+,28+,29+,30-/m0/s1. The van der Waals surface area contributed by atoms with Crippen LogP contribution >= 0.6 is 0 Å². The molecule has 0 amide bonds. The number of allylic oxidation sites excluding steroid dienone is 1. The molecule has 10 atom stereocenters. The van der Waals surface area contributed by atoms with Crippen molar-refractivity contribution in [3.8, 4) is 0 Å². The molecule has 5 aliphatic rings. The largest absolute Gasteiger partial charge is 0.481 e. The number of ketones is 1. The number of carbonyl (C=O) groups excluding carboxylic acids is 1. The smallest absolute Gasteiger partial charge is 0.309 e. The molecule has 0 spiro atoms. The number of fused-ring (bicyclic) bond motifs is 7. The number of Topliss-reactive ketones (excluding diaryl/α,β-unsaturated/α-hetero) is 1. The van der Waals surface area contributed by atoms with Crippen LogP contribution in [0.25, 0.3) is 0 Å². The van der Waals surface area contributed by atoms with Crippen molar-refractivity contribution in [3.63, 3.8) is 0 Å². The molecule has 0 bridgehead atoms. The second-order valence-corrected chi connectivity index (χ2v) is 14.4. The molecule has 2 N–H and O–H groups in total. The maximum atomic E-state index is 12.9. The Hall–Kier alpha value is -1.16. The van der Waals surface area contributed by atoms with Crippen molar-refractivity contribution in [3.05, 3.63) is 12.2 Å². The van der Waals surface area contributed by atoms with Gasteiger partial charge < -0.3 is 10.2 Å². The van der Waals surface area contributed by atoms with Crippen molar-refractivity contribution < 1.29 is 19.8 Å². The zero-order valence-corrected chi connectivity index (χ0v) is 22.2. The molecular formula is C30H46O4. The fourth-order valence-electron chi connectivity index (χ4n) is 11.5. The van der Waals surface area contributed by atoms with Crippen LogP contribution in [-0.4, -0.2) is 28.1 Å². The second-order valence-electron chi connectivity index (χ2n) is 14.4. The van der Waals surface area contributed by atoms with E-state index in [4.69, 9.17) is 0 Å². The zero-order chi connectivity index (χ0) is 25.1. The van der Waals surface area contributed by atoms with Crippen molar-refractivity contribution in [2.75, 3.05) is 0 Å². The SMILES string of the molecule is C=C(C)[C@@H]1CC[C@]2(C(=O)O)CC[C@]3(C)[C@H](CC[C@H]4[C@@]5(C)CCC(=O)C(C)(C)[C@@H]5[C@H](O)C[C@]43C)[C@H]12. The topological polar surface area (TPSA) is 74.6 Å². The van der Waals surface area contributed by atoms with Crippen LogP contribution < -0.4 is 0 Å². The summed E-state index contributed by atoms with van der Waals surface area (Å²) in [4.78, 5) is 25.7. The van der Waals surface area contributed by atoms with Crippen molar-refractivity contribution in [2.24, 2.45) is 56.7 Å². The van der Waals surface area contributed by atoms with Crippen LogP contribution in [-0.2, 0) is 9.59 Å². The molecule has 190 valence electrons. The van der Waals surface area contributed by atoms with Crippen molar-refractivity contribution in [1.29, 1.82) is 0 Å². The number of carboxylic acid groups (broad SMARTS) is 1. The van der Waals surface area contributed by atoms with Crippen LogP contribution in [0.15, 0.2) is 12.2 Å². The Morgan fingerprint density at radius 3 is 2.26 bits per heavy atom. The van der Waals surface area contributed by atoms with Crippen LogP contribution in [0.2, 0.25) is 0 Å². The lowest BCUT2D eigenvalue weighted by Gasteiger charge is -2.72. The number of hydrogen-bond donors (Lipinski definition) is 2. The molecule has 4 nitrogen and oxygen atoms in total. The lowest BCUT2D eigenvalue weighted by molar-refractivity contribution is -0.259. The first kappa shape index (κ1) is 24.5. The molecule has 0 saturated heterocycles. The highest BCUT2D eigenvalue weighted by Crippen LogP contribution is 2.77. The van der Waals surface area contributed by atoms with Crippen LogP contribution in [0.5, 0.6) is 0 Å². The monoisotopic (exact) mass is 470 g/mol. The van der Waals surface area contributed by atoms with Crippen LogP contribution in [0.1, 0.15) is 99.3 Å². The summed E-state index contributed by atoms with van der Waals surface area (Å²) in [6, 6.07) is 0. The molecule has 5 saturated carbocycles. The van der Waals surface area contributed by atoms with E-state index in [0.29, 0.717) is 24.0 Å². The third kappa shape index (κ3) is 2.70. The first-order valence-corrected chi connectivity index (χ1v) is 13.8. The highest BCUT2D eigenvalue weighted by atomic mass is 16.4. The average Bonchev–Trinajstić information content (AvgIpc) is 3.13. The zero-order valence-electron chi connectivity index (χ0n) is 22.2. The summed E-state index contributed by atoms with van der Waals surface area (Å²) in [5, 5.41) is 22.2. The summed E-state index contributed by atoms with van der Waals surface area (Å²) in [6.07, 6.45) is 7.24. The lowest BCUT2D eigenvalue weighted by Crippen LogP contribution is -2.69. The summed E-state index contributed by atoms with van der Waals surface area (Å²) in [5.41, 5.74) is -0.110. The third-order valence-corrected chi connectivity index (χ3v) is 13.1. The summed E-state index contributed by atoms with van der Waals surface area (Å²) in [6.45, 7) is 17.8. The van der Waals surface area contributed by atoms with E-state index >= 15 is 0 Å². The van der Waals surface area contributed by atoms with Gasteiger partial charge in [-0.3, -0.25) is 9.59 Å². The lowest BCUT2D eigenvalue weighted by atomic mass is 9.32. The number of aliphatic hydroxyl groups is 1. The molecule has 5 rings (SSSR count). The third-order valence-electron chi connectivity index (χ3n) is 13.1. The van der Waals surface area contributed by atoms with Crippen LogP contribution in [0.3, 0.4) is 0 Å². The van der Waals surface area contributed by atoms with E-state index in [1.54, 1.807) is 0 Å². The number of hydrogen-bond acceptors (Lipinski definition) is 3. The van der Waals surface area contributed by atoms with E-state index < -0.39 is 22.9 Å². The first-order valence-electron chi connectivity index (χ1n) is 13.8. The van der Waals surface area contributed by atoms with Gasteiger partial charge in [0.25, 0.3) is 0 Å². The Morgan fingerprint density at radius 2 is 1.65 bits per heavy atom. The van der Waals surface area contributed by atoms with Crippen LogP contribution in [0.4, 0.5) is 0 Å². The average molecular weight is 471 g/mol. The fourth-order valence-corrected chi connectivity index (χ4v) is 11.5. The van der Waals surface area contributed by atoms with Gasteiger partial charge in [-0.05, 0) is 98.2 Å². The Kier molecular flexibility index (Phi) is 5.20. The number of carbonyl (C=O) groups is 2. The molecule has 0 heterocycles. The minimum absolute atomic E-state index is 0.00387. The maximum Gasteiger partial charge on any atom is 0.309 e. The van der Waals surface area contributed by atoms with Gasteiger partial charge in [0.05, 0.1) is 11.5 Å². The Morgan fingerprint density at radius 1 is 0.971 bits per heavy atom. The van der Waals surface area contributed by atoms with Gasteiger partial charge in [-0.2, -0.15) is 0 Å². The predicted octanol–water partition coefficient (Wildman–Crippen LogP) is 6.27. The fraction of sp³-hybridized carbons (Fsp3) is 0.867. The molecule has 5 fully saturated rings. The Bertz CT molecular complexity index is 936. The van der Waals surface area contributed by atoms with E-state index in [9.17, 15) is 19.8 Å². The number of aliphatic carboxylic acids is 1. The first-order chi connectivity index (χ1) is 15.7. The minimum atomic E-state index is -0.615. The molecule has 0 radical (unpaired) electrons. The number of aliphatic hydroxyl groups excluding tert-OH is 1. The molecular weight excluding hydrogens is 424 g/mol. The van der Waals surface area contributed by atoms with E-state index in [1.807, 2.05) is 0 Å². The summed E-state index contributed by atoms with van der Waals surface area (Å²) < 4.78 is 0. The summed E-state index contributed by atoms with van der Waals surface area (Å²) in [5.74, 6) is 0.916.